The van der Waals surface area contributed by atoms with Gasteiger partial charge < -0.3 is 4.42 Å². The molecule has 98 valence electrons. The van der Waals surface area contributed by atoms with Crippen molar-refractivity contribution in [2.45, 2.75) is 5.22 Å². The van der Waals surface area contributed by atoms with Gasteiger partial charge in [0, 0.05) is 12.1 Å². The van der Waals surface area contributed by atoms with Gasteiger partial charge in [0.25, 0.3) is 16.6 Å². The summed E-state index contributed by atoms with van der Waals surface area (Å²) in [6, 6.07) is 3.16. The lowest BCUT2D eigenvalue weighted by Gasteiger charge is -1.97. The molecule has 0 atom stereocenters. The number of nitrogens with zero attached hydrogens (tertiary/aromatic N) is 4. The molecular formula is C9H6N4O5S. The van der Waals surface area contributed by atoms with Crippen molar-refractivity contribution < 1.29 is 14.3 Å². The molecule has 2 aromatic rings. The fraction of sp³-hybridized carbons (Fsp3) is 0.111. The number of thioether (sulfide) groups is 1. The summed E-state index contributed by atoms with van der Waals surface area (Å²) in [7, 11) is 0. The molecule has 0 unspecified atom stereocenters. The maximum Gasteiger partial charge on any atom is 0.277 e. The Labute approximate surface area is 109 Å². The van der Waals surface area contributed by atoms with E-state index in [4.69, 9.17) is 4.42 Å². The van der Waals surface area contributed by atoms with Crippen LogP contribution in [0.25, 0.3) is 11.5 Å². The summed E-state index contributed by atoms with van der Waals surface area (Å²) in [4.78, 5) is 20.0. The average molecular weight is 282 g/mol. The molecule has 0 bridgehead atoms. The van der Waals surface area contributed by atoms with Gasteiger partial charge in [0.05, 0.1) is 21.5 Å². The summed E-state index contributed by atoms with van der Waals surface area (Å²) in [5.41, 5.74) is -0.685. The molecule has 0 saturated carbocycles. The van der Waals surface area contributed by atoms with Crippen molar-refractivity contribution in [3.8, 4) is 11.5 Å². The quantitative estimate of drug-likeness (QED) is 0.475. The highest BCUT2D eigenvalue weighted by Gasteiger charge is 2.19. The smallest absolute Gasteiger partial charge is 0.277 e. The Morgan fingerprint density at radius 2 is 1.68 bits per heavy atom. The number of hydrogen-bond acceptors (Lipinski definition) is 8. The highest BCUT2D eigenvalue weighted by molar-refractivity contribution is 7.98. The van der Waals surface area contributed by atoms with Crippen LogP contribution >= 0.6 is 11.8 Å². The van der Waals surface area contributed by atoms with Gasteiger partial charge in [0.2, 0.25) is 5.89 Å². The van der Waals surface area contributed by atoms with Crippen molar-refractivity contribution >= 4 is 23.1 Å². The molecule has 19 heavy (non-hydrogen) atoms. The van der Waals surface area contributed by atoms with Crippen LogP contribution < -0.4 is 0 Å². The van der Waals surface area contributed by atoms with E-state index in [0.717, 1.165) is 18.2 Å². The number of nitro groups is 2. The number of rotatable bonds is 4. The lowest BCUT2D eigenvalue weighted by Crippen LogP contribution is -1.94. The zero-order valence-electron chi connectivity index (χ0n) is 9.47. The van der Waals surface area contributed by atoms with Crippen molar-refractivity contribution in [1.29, 1.82) is 0 Å². The lowest BCUT2D eigenvalue weighted by atomic mass is 10.2. The van der Waals surface area contributed by atoms with E-state index in [0.29, 0.717) is 0 Å². The van der Waals surface area contributed by atoms with Crippen molar-refractivity contribution in [3.05, 3.63) is 38.4 Å². The van der Waals surface area contributed by atoms with Crippen LogP contribution in [-0.2, 0) is 0 Å². The van der Waals surface area contributed by atoms with Crippen LogP contribution in [0, 0.1) is 20.2 Å². The van der Waals surface area contributed by atoms with Crippen LogP contribution in [0.15, 0.2) is 27.8 Å². The predicted molar refractivity (Wildman–Crippen MR) is 64.8 cm³/mol. The number of nitro benzene ring substituents is 2. The molecule has 1 heterocycles. The van der Waals surface area contributed by atoms with E-state index in [9.17, 15) is 20.2 Å². The Bertz CT molecular complexity index is 624. The second-order valence-electron chi connectivity index (χ2n) is 3.33. The number of benzene rings is 1. The molecule has 0 aliphatic rings. The maximum absolute atomic E-state index is 10.7. The van der Waals surface area contributed by atoms with E-state index >= 15 is 0 Å². The van der Waals surface area contributed by atoms with E-state index in [-0.39, 0.29) is 16.7 Å². The van der Waals surface area contributed by atoms with Gasteiger partial charge in [0.1, 0.15) is 0 Å². The molecule has 0 fully saturated rings. The monoisotopic (exact) mass is 282 g/mol. The normalized spacial score (nSPS) is 10.4. The van der Waals surface area contributed by atoms with E-state index < -0.39 is 21.2 Å². The lowest BCUT2D eigenvalue weighted by molar-refractivity contribution is -0.394. The first-order valence-corrected chi connectivity index (χ1v) is 6.05. The van der Waals surface area contributed by atoms with Gasteiger partial charge in [-0.25, -0.2) is 0 Å². The Hall–Kier alpha value is -2.49. The zero-order chi connectivity index (χ0) is 14.0. The molecule has 0 saturated heterocycles. The minimum absolute atomic E-state index is 0.00356. The SMILES string of the molecule is CSc1nnc(-c2cc([N+](=O)[O-])cc([N+](=O)[O-])c2)o1. The van der Waals surface area contributed by atoms with Crippen molar-refractivity contribution in [1.82, 2.24) is 10.2 Å². The molecule has 0 radical (unpaired) electrons. The molecule has 0 aliphatic heterocycles. The maximum atomic E-state index is 10.7. The second-order valence-corrected chi connectivity index (χ2v) is 4.09. The highest BCUT2D eigenvalue weighted by atomic mass is 32.2. The van der Waals surface area contributed by atoms with Gasteiger partial charge in [-0.2, -0.15) is 0 Å². The van der Waals surface area contributed by atoms with Crippen molar-refractivity contribution in [2.24, 2.45) is 0 Å². The molecule has 0 spiro atoms. The Morgan fingerprint density at radius 3 is 2.11 bits per heavy atom. The summed E-state index contributed by atoms with van der Waals surface area (Å²) in [5.74, 6) is -0.00356. The predicted octanol–water partition coefficient (Wildman–Crippen LogP) is 2.27. The Morgan fingerprint density at radius 1 is 1.11 bits per heavy atom. The molecule has 0 amide bonds. The fourth-order valence-corrected chi connectivity index (χ4v) is 1.62. The third kappa shape index (κ3) is 2.68. The average Bonchev–Trinajstić information content (AvgIpc) is 2.86. The molecule has 0 N–H and O–H groups in total. The molecule has 9 nitrogen and oxygen atoms in total. The van der Waals surface area contributed by atoms with Gasteiger partial charge in [-0.15, -0.1) is 10.2 Å². The first-order valence-electron chi connectivity index (χ1n) is 4.83. The van der Waals surface area contributed by atoms with E-state index in [1.807, 2.05) is 0 Å². The first kappa shape index (κ1) is 13.0. The molecular weight excluding hydrogens is 276 g/mol. The van der Waals surface area contributed by atoms with Crippen LogP contribution in [-0.4, -0.2) is 26.3 Å². The van der Waals surface area contributed by atoms with E-state index in [2.05, 4.69) is 10.2 Å². The highest BCUT2D eigenvalue weighted by Crippen LogP contribution is 2.29. The third-order valence-corrected chi connectivity index (χ3v) is 2.67. The largest absolute Gasteiger partial charge is 0.411 e. The van der Waals surface area contributed by atoms with E-state index in [1.165, 1.54) is 11.8 Å². The molecule has 10 heteroatoms. The standard InChI is InChI=1S/C9H6N4O5S/c1-19-9-11-10-8(18-9)5-2-6(12(14)15)4-7(3-5)13(16)17/h2-4H,1H3. The summed E-state index contributed by atoms with van der Waals surface area (Å²) >= 11 is 1.20. The van der Waals surface area contributed by atoms with Crippen LogP contribution in [0.4, 0.5) is 11.4 Å². The second kappa shape index (κ2) is 5.02. The van der Waals surface area contributed by atoms with Gasteiger partial charge in [0.15, 0.2) is 0 Å². The number of aromatic nitrogens is 2. The van der Waals surface area contributed by atoms with Gasteiger partial charge in [-0.1, -0.05) is 11.8 Å². The molecule has 1 aromatic heterocycles. The molecule has 1 aromatic carbocycles. The van der Waals surface area contributed by atoms with Crippen LogP contribution in [0.3, 0.4) is 0 Å². The first-order chi connectivity index (χ1) is 9.01. The van der Waals surface area contributed by atoms with Crippen molar-refractivity contribution in [3.63, 3.8) is 0 Å². The summed E-state index contributed by atoms with van der Waals surface area (Å²) in [5, 5.41) is 29.1. The Balaban J connectivity index is 2.55. The van der Waals surface area contributed by atoms with Gasteiger partial charge >= 0.3 is 0 Å². The minimum Gasteiger partial charge on any atom is -0.411 e. The topological polar surface area (TPSA) is 125 Å². The van der Waals surface area contributed by atoms with Gasteiger partial charge in [-0.05, 0) is 6.26 Å². The van der Waals surface area contributed by atoms with Gasteiger partial charge in [-0.3, -0.25) is 20.2 Å². The van der Waals surface area contributed by atoms with Crippen molar-refractivity contribution in [2.75, 3.05) is 6.26 Å². The third-order valence-electron chi connectivity index (χ3n) is 2.15. The van der Waals surface area contributed by atoms with Crippen LogP contribution in [0.1, 0.15) is 0 Å². The zero-order valence-corrected chi connectivity index (χ0v) is 10.3. The minimum atomic E-state index is -0.720. The number of non-ortho nitro benzene ring substituents is 2. The Kier molecular flexibility index (Phi) is 3.42. The summed E-state index contributed by atoms with van der Waals surface area (Å²) in [6.07, 6.45) is 1.72. The number of hydrogen-bond donors (Lipinski definition) is 0. The van der Waals surface area contributed by atoms with E-state index in [1.54, 1.807) is 6.26 Å². The summed E-state index contributed by atoms with van der Waals surface area (Å²) in [6.45, 7) is 0. The fourth-order valence-electron chi connectivity index (χ4n) is 1.34. The summed E-state index contributed by atoms with van der Waals surface area (Å²) < 4.78 is 5.18. The molecule has 2 rings (SSSR count). The van der Waals surface area contributed by atoms with Crippen LogP contribution in [0.5, 0.6) is 0 Å². The van der Waals surface area contributed by atoms with Crippen LogP contribution in [0.2, 0.25) is 0 Å². The molecule has 0 aliphatic carbocycles.